The summed E-state index contributed by atoms with van der Waals surface area (Å²) < 4.78 is 0. The Labute approximate surface area is 127 Å². The summed E-state index contributed by atoms with van der Waals surface area (Å²) >= 11 is 7.59. The van der Waals surface area contributed by atoms with Crippen molar-refractivity contribution in [1.29, 1.82) is 0 Å². The van der Waals surface area contributed by atoms with Crippen LogP contribution in [0.25, 0.3) is 10.2 Å². The summed E-state index contributed by atoms with van der Waals surface area (Å²) in [5, 5.41) is 1.16. The number of thiophene rings is 1. The van der Waals surface area contributed by atoms with Gasteiger partial charge in [0, 0.05) is 26.0 Å². The van der Waals surface area contributed by atoms with E-state index < -0.39 is 0 Å². The van der Waals surface area contributed by atoms with Gasteiger partial charge in [0.15, 0.2) is 0 Å². The lowest BCUT2D eigenvalue weighted by molar-refractivity contribution is -0.127. The number of nitrogens with zero attached hydrogens (tertiary/aromatic N) is 4. The van der Waals surface area contributed by atoms with Gasteiger partial charge in [-0.1, -0.05) is 6.92 Å². The molecule has 0 aliphatic carbocycles. The van der Waals surface area contributed by atoms with E-state index in [4.69, 9.17) is 11.6 Å². The summed E-state index contributed by atoms with van der Waals surface area (Å²) in [5.41, 5.74) is 0. The minimum absolute atomic E-state index is 0.0151. The number of aromatic nitrogens is 2. The van der Waals surface area contributed by atoms with Crippen LogP contribution in [0.3, 0.4) is 0 Å². The van der Waals surface area contributed by atoms with Crippen molar-refractivity contribution in [2.75, 3.05) is 32.6 Å². The number of hydrogen-bond donors (Lipinski definition) is 0. The third kappa shape index (κ3) is 3.02. The fraction of sp³-hybridized carbons (Fsp3) is 0.462. The van der Waals surface area contributed by atoms with Gasteiger partial charge in [-0.25, -0.2) is 4.98 Å². The average molecular weight is 313 g/mol. The van der Waals surface area contributed by atoms with Gasteiger partial charge in [0.2, 0.25) is 11.2 Å². The Hall–Kier alpha value is -1.40. The molecule has 0 atom stereocenters. The van der Waals surface area contributed by atoms with E-state index in [0.29, 0.717) is 5.82 Å². The second kappa shape index (κ2) is 5.93. The first-order chi connectivity index (χ1) is 9.42. The highest BCUT2D eigenvalue weighted by molar-refractivity contribution is 7.18. The maximum atomic E-state index is 11.8. The van der Waals surface area contributed by atoms with Gasteiger partial charge in [0.25, 0.3) is 0 Å². The van der Waals surface area contributed by atoms with Gasteiger partial charge in [-0.15, -0.1) is 11.3 Å². The lowest BCUT2D eigenvalue weighted by Gasteiger charge is -2.20. The number of carbonyl (C=O) groups is 1. The molecule has 0 N–H and O–H groups in total. The summed E-state index contributed by atoms with van der Waals surface area (Å²) in [6, 6.07) is 2.07. The van der Waals surface area contributed by atoms with Gasteiger partial charge in [-0.05, 0) is 24.1 Å². The highest BCUT2D eigenvalue weighted by Crippen LogP contribution is 2.31. The number of aryl methyl sites for hydroxylation is 1. The zero-order valence-corrected chi connectivity index (χ0v) is 13.5. The Morgan fingerprint density at radius 3 is 2.65 bits per heavy atom. The lowest BCUT2D eigenvalue weighted by Crippen LogP contribution is -2.34. The Bertz CT molecular complexity index is 641. The van der Waals surface area contributed by atoms with E-state index >= 15 is 0 Å². The third-order valence-electron chi connectivity index (χ3n) is 2.98. The van der Waals surface area contributed by atoms with Gasteiger partial charge in [-0.3, -0.25) is 4.79 Å². The van der Waals surface area contributed by atoms with E-state index in [1.807, 2.05) is 11.9 Å². The Balaban J connectivity index is 2.41. The molecule has 20 heavy (non-hydrogen) atoms. The number of amides is 1. The van der Waals surface area contributed by atoms with Crippen LogP contribution < -0.4 is 4.90 Å². The van der Waals surface area contributed by atoms with Crippen LogP contribution in [0.15, 0.2) is 6.07 Å². The van der Waals surface area contributed by atoms with Gasteiger partial charge in [0.05, 0.1) is 11.9 Å². The molecule has 0 unspecified atom stereocenters. The van der Waals surface area contributed by atoms with Crippen LogP contribution in [0, 0.1) is 0 Å². The fourth-order valence-electron chi connectivity index (χ4n) is 1.82. The van der Waals surface area contributed by atoms with Crippen LogP contribution >= 0.6 is 22.9 Å². The molecule has 2 heterocycles. The first kappa shape index (κ1) is 15.0. The molecule has 1 amide bonds. The molecule has 2 aromatic heterocycles. The zero-order chi connectivity index (χ0) is 14.9. The SMILES string of the molecule is CCc1cc2c(N(C)CC(=O)N(C)C)nc(Cl)nc2s1. The van der Waals surface area contributed by atoms with Gasteiger partial charge < -0.3 is 9.80 Å². The van der Waals surface area contributed by atoms with Crippen LogP contribution in [-0.2, 0) is 11.2 Å². The van der Waals surface area contributed by atoms with Crippen molar-refractivity contribution in [3.8, 4) is 0 Å². The van der Waals surface area contributed by atoms with E-state index in [1.165, 1.54) is 4.88 Å². The van der Waals surface area contributed by atoms with E-state index in [9.17, 15) is 4.79 Å². The van der Waals surface area contributed by atoms with E-state index in [2.05, 4.69) is 23.0 Å². The molecule has 0 saturated carbocycles. The number of anilines is 1. The molecule has 0 saturated heterocycles. The van der Waals surface area contributed by atoms with Crippen molar-refractivity contribution >= 4 is 44.9 Å². The van der Waals surface area contributed by atoms with E-state index in [-0.39, 0.29) is 17.7 Å². The van der Waals surface area contributed by atoms with Crippen LogP contribution in [0.1, 0.15) is 11.8 Å². The van der Waals surface area contributed by atoms with Gasteiger partial charge in [-0.2, -0.15) is 4.98 Å². The lowest BCUT2D eigenvalue weighted by atomic mass is 10.3. The van der Waals surface area contributed by atoms with Crippen molar-refractivity contribution in [3.63, 3.8) is 0 Å². The van der Waals surface area contributed by atoms with Crippen LogP contribution in [-0.4, -0.2) is 48.5 Å². The predicted octanol–water partition coefficient (Wildman–Crippen LogP) is 2.43. The molecule has 5 nitrogen and oxygen atoms in total. The van der Waals surface area contributed by atoms with Gasteiger partial charge in [0.1, 0.15) is 10.6 Å². The third-order valence-corrected chi connectivity index (χ3v) is 4.32. The zero-order valence-electron chi connectivity index (χ0n) is 12.0. The average Bonchev–Trinajstić information content (AvgIpc) is 2.80. The normalized spacial score (nSPS) is 10.8. The minimum atomic E-state index is 0.0151. The van der Waals surface area contributed by atoms with Crippen molar-refractivity contribution in [3.05, 3.63) is 16.2 Å². The van der Waals surface area contributed by atoms with E-state index in [0.717, 1.165) is 16.6 Å². The van der Waals surface area contributed by atoms with Crippen LogP contribution in [0.4, 0.5) is 5.82 Å². The molecule has 7 heteroatoms. The summed E-state index contributed by atoms with van der Waals surface area (Å²) in [6.07, 6.45) is 0.943. The highest BCUT2D eigenvalue weighted by atomic mass is 35.5. The second-order valence-corrected chi connectivity index (χ2v) is 6.20. The number of carbonyl (C=O) groups excluding carboxylic acids is 1. The molecule has 108 valence electrons. The largest absolute Gasteiger partial charge is 0.350 e. The molecule has 2 aromatic rings. The van der Waals surface area contributed by atoms with E-state index in [1.54, 1.807) is 30.3 Å². The fourth-order valence-corrected chi connectivity index (χ4v) is 2.99. The molecule has 0 aliphatic heterocycles. The molecule has 0 radical (unpaired) electrons. The Morgan fingerprint density at radius 2 is 2.05 bits per heavy atom. The Morgan fingerprint density at radius 1 is 1.35 bits per heavy atom. The predicted molar refractivity (Wildman–Crippen MR) is 83.8 cm³/mol. The molecule has 0 fully saturated rings. The van der Waals surface area contributed by atoms with Gasteiger partial charge >= 0.3 is 0 Å². The number of fused-ring (bicyclic) bond motifs is 1. The number of halogens is 1. The summed E-state index contributed by atoms with van der Waals surface area (Å²) in [5.74, 6) is 0.715. The number of hydrogen-bond acceptors (Lipinski definition) is 5. The summed E-state index contributed by atoms with van der Waals surface area (Å²) in [4.78, 5) is 25.8. The van der Waals surface area contributed by atoms with Crippen molar-refractivity contribution in [1.82, 2.24) is 14.9 Å². The van der Waals surface area contributed by atoms with Crippen molar-refractivity contribution < 1.29 is 4.79 Å². The first-order valence-electron chi connectivity index (χ1n) is 6.29. The minimum Gasteiger partial charge on any atom is -0.350 e. The maximum absolute atomic E-state index is 11.8. The molecule has 0 aromatic carbocycles. The summed E-state index contributed by atoms with van der Waals surface area (Å²) in [6.45, 7) is 2.35. The summed E-state index contributed by atoms with van der Waals surface area (Å²) in [7, 11) is 5.31. The molecule has 0 spiro atoms. The van der Waals surface area contributed by atoms with Crippen LogP contribution in [0.5, 0.6) is 0 Å². The standard InChI is InChI=1S/C13H17ClN4OS/c1-5-8-6-9-11(15-13(14)16-12(9)20-8)18(4)7-10(19)17(2)3/h6H,5,7H2,1-4H3. The smallest absolute Gasteiger partial charge is 0.241 e. The maximum Gasteiger partial charge on any atom is 0.241 e. The highest BCUT2D eigenvalue weighted by Gasteiger charge is 2.16. The van der Waals surface area contributed by atoms with Crippen LogP contribution in [0.2, 0.25) is 5.28 Å². The first-order valence-corrected chi connectivity index (χ1v) is 7.49. The monoisotopic (exact) mass is 312 g/mol. The van der Waals surface area contributed by atoms with Crippen molar-refractivity contribution in [2.45, 2.75) is 13.3 Å². The second-order valence-electron chi connectivity index (χ2n) is 4.75. The Kier molecular flexibility index (Phi) is 4.45. The molecular formula is C13H17ClN4OS. The molecular weight excluding hydrogens is 296 g/mol. The quantitative estimate of drug-likeness (QED) is 0.814. The number of rotatable bonds is 4. The molecule has 0 aliphatic rings. The topological polar surface area (TPSA) is 49.3 Å². The number of likely N-dealkylation sites (N-methyl/N-ethyl adjacent to an activating group) is 2. The molecule has 2 rings (SSSR count). The molecule has 0 bridgehead atoms. The van der Waals surface area contributed by atoms with Crippen molar-refractivity contribution in [2.24, 2.45) is 0 Å².